The van der Waals surface area contributed by atoms with Gasteiger partial charge >= 0.3 is 0 Å². The number of benzene rings is 2. The van der Waals surface area contributed by atoms with Gasteiger partial charge in [-0.2, -0.15) is 0 Å². The zero-order valence-electron chi connectivity index (χ0n) is 17.0. The molecule has 0 bridgehead atoms. The number of nitrogens with one attached hydrogen (secondary N) is 1. The summed E-state index contributed by atoms with van der Waals surface area (Å²) in [5.41, 5.74) is 2.07. The first-order chi connectivity index (χ1) is 13.2. The molecule has 0 spiro atoms. The molecular formula is C23H29Cl2NO2. The Hall–Kier alpha value is -1.55. The first kappa shape index (κ1) is 22.7. The zero-order chi connectivity index (χ0) is 20.7. The highest BCUT2D eigenvalue weighted by Crippen LogP contribution is 2.33. The molecule has 0 heterocycles. The van der Waals surface area contributed by atoms with E-state index in [1.165, 1.54) is 5.56 Å². The molecule has 2 atom stereocenters. The second-order valence-electron chi connectivity index (χ2n) is 8.01. The Morgan fingerprint density at radius 1 is 0.964 bits per heavy atom. The second kappa shape index (κ2) is 10.3. The summed E-state index contributed by atoms with van der Waals surface area (Å²) in [6, 6.07) is 15.7. The van der Waals surface area contributed by atoms with Crippen molar-refractivity contribution >= 4 is 29.1 Å². The van der Waals surface area contributed by atoms with Crippen molar-refractivity contribution in [3.8, 4) is 0 Å². The van der Waals surface area contributed by atoms with E-state index >= 15 is 0 Å². The third-order valence-corrected chi connectivity index (χ3v) is 5.18. The quantitative estimate of drug-likeness (QED) is 0.550. The van der Waals surface area contributed by atoms with E-state index in [2.05, 4.69) is 12.2 Å². The Morgan fingerprint density at radius 2 is 1.46 bits per heavy atom. The molecule has 0 saturated heterocycles. The minimum atomic E-state index is -0.241. The van der Waals surface area contributed by atoms with Crippen molar-refractivity contribution in [3.63, 3.8) is 0 Å². The van der Waals surface area contributed by atoms with Gasteiger partial charge in [-0.3, -0.25) is 4.79 Å². The molecule has 5 heteroatoms. The van der Waals surface area contributed by atoms with Crippen molar-refractivity contribution in [1.82, 2.24) is 5.32 Å². The number of rotatable bonds is 8. The van der Waals surface area contributed by atoms with Gasteiger partial charge in [0.2, 0.25) is 5.91 Å². The predicted octanol–water partition coefficient (Wildman–Crippen LogP) is 6.20. The van der Waals surface area contributed by atoms with Gasteiger partial charge in [-0.1, -0.05) is 54.4 Å². The van der Waals surface area contributed by atoms with E-state index < -0.39 is 0 Å². The third-order valence-electron chi connectivity index (χ3n) is 4.68. The smallest absolute Gasteiger partial charge is 0.222 e. The fourth-order valence-electron chi connectivity index (χ4n) is 3.05. The number of carbonyl (C=O) groups is 1. The Balaban J connectivity index is 2.07. The van der Waals surface area contributed by atoms with Crippen LogP contribution in [0.2, 0.25) is 10.0 Å². The van der Waals surface area contributed by atoms with Crippen LogP contribution in [0.3, 0.4) is 0 Å². The Bertz CT molecular complexity index is 752. The molecule has 0 aliphatic carbocycles. The average molecular weight is 422 g/mol. The van der Waals surface area contributed by atoms with Gasteiger partial charge in [-0.05, 0) is 62.1 Å². The molecule has 0 fully saturated rings. The summed E-state index contributed by atoms with van der Waals surface area (Å²) >= 11 is 12.1. The van der Waals surface area contributed by atoms with Crippen molar-refractivity contribution in [1.29, 1.82) is 0 Å². The number of amides is 1. The van der Waals surface area contributed by atoms with Gasteiger partial charge in [0, 0.05) is 28.9 Å². The maximum atomic E-state index is 12.3. The molecule has 2 aromatic rings. The lowest BCUT2D eigenvalue weighted by molar-refractivity contribution is -0.123. The van der Waals surface area contributed by atoms with Crippen LogP contribution in [0.1, 0.15) is 57.1 Å². The van der Waals surface area contributed by atoms with Crippen LogP contribution in [0, 0.1) is 0 Å². The fraction of sp³-hybridized carbons (Fsp3) is 0.435. The molecule has 3 nitrogen and oxygen atoms in total. The molecule has 0 aliphatic rings. The van der Waals surface area contributed by atoms with E-state index in [1.807, 2.05) is 69.3 Å². The molecule has 2 unspecified atom stereocenters. The minimum absolute atomic E-state index is 0.00785. The van der Waals surface area contributed by atoms with Crippen LogP contribution in [0.15, 0.2) is 48.5 Å². The van der Waals surface area contributed by atoms with Gasteiger partial charge in [0.1, 0.15) is 0 Å². The number of hydrogen-bond acceptors (Lipinski definition) is 2. The third kappa shape index (κ3) is 7.46. The van der Waals surface area contributed by atoms with Crippen LogP contribution in [-0.4, -0.2) is 24.7 Å². The van der Waals surface area contributed by atoms with Crippen molar-refractivity contribution in [2.75, 3.05) is 13.2 Å². The summed E-state index contributed by atoms with van der Waals surface area (Å²) in [5.74, 6) is 0.307. The van der Waals surface area contributed by atoms with Crippen molar-refractivity contribution in [3.05, 3.63) is 69.7 Å². The van der Waals surface area contributed by atoms with Crippen LogP contribution >= 0.6 is 23.2 Å². The average Bonchev–Trinajstić information content (AvgIpc) is 2.62. The molecule has 1 N–H and O–H groups in total. The van der Waals surface area contributed by atoms with Gasteiger partial charge in [0.05, 0.1) is 12.2 Å². The normalized spacial score (nSPS) is 13.8. The summed E-state index contributed by atoms with van der Waals surface area (Å²) < 4.78 is 5.64. The number of ether oxygens (including phenoxy) is 1. The van der Waals surface area contributed by atoms with E-state index in [-0.39, 0.29) is 23.3 Å². The first-order valence-corrected chi connectivity index (χ1v) is 10.3. The van der Waals surface area contributed by atoms with Crippen LogP contribution in [-0.2, 0) is 9.53 Å². The summed E-state index contributed by atoms with van der Waals surface area (Å²) in [5, 5.41) is 4.48. The highest BCUT2D eigenvalue weighted by molar-refractivity contribution is 6.30. The molecule has 0 saturated carbocycles. The summed E-state index contributed by atoms with van der Waals surface area (Å²) in [4.78, 5) is 12.3. The standard InChI is InChI=1S/C23H29Cl2NO2/c1-16(17-5-9-19(24)10-6-17)21(18-7-11-20(25)12-8-18)15-26-22(27)13-14-28-23(2,3)4/h5-12,16,21H,13-15H2,1-4H3,(H,26,27). The van der Waals surface area contributed by atoms with Gasteiger partial charge in [-0.25, -0.2) is 0 Å². The highest BCUT2D eigenvalue weighted by atomic mass is 35.5. The van der Waals surface area contributed by atoms with Crippen LogP contribution in [0.25, 0.3) is 0 Å². The molecule has 1 amide bonds. The lowest BCUT2D eigenvalue weighted by Gasteiger charge is -2.26. The highest BCUT2D eigenvalue weighted by Gasteiger charge is 2.22. The van der Waals surface area contributed by atoms with Crippen molar-refractivity contribution in [2.45, 2.75) is 51.6 Å². The number of carbonyl (C=O) groups excluding carboxylic acids is 1. The number of hydrogen-bond donors (Lipinski definition) is 1. The predicted molar refractivity (Wildman–Crippen MR) is 117 cm³/mol. The van der Waals surface area contributed by atoms with E-state index in [0.717, 1.165) is 5.56 Å². The SMILES string of the molecule is CC(c1ccc(Cl)cc1)C(CNC(=O)CCOC(C)(C)C)c1ccc(Cl)cc1. The maximum absolute atomic E-state index is 12.3. The molecular weight excluding hydrogens is 393 g/mol. The van der Waals surface area contributed by atoms with E-state index in [1.54, 1.807) is 0 Å². The van der Waals surface area contributed by atoms with Crippen LogP contribution in [0.5, 0.6) is 0 Å². The summed E-state index contributed by atoms with van der Waals surface area (Å²) in [7, 11) is 0. The zero-order valence-corrected chi connectivity index (χ0v) is 18.5. The van der Waals surface area contributed by atoms with E-state index in [9.17, 15) is 4.79 Å². The minimum Gasteiger partial charge on any atom is -0.375 e. The monoisotopic (exact) mass is 421 g/mol. The Labute approximate surface area is 178 Å². The maximum Gasteiger partial charge on any atom is 0.222 e. The van der Waals surface area contributed by atoms with Gasteiger partial charge in [0.25, 0.3) is 0 Å². The lowest BCUT2D eigenvalue weighted by atomic mass is 9.82. The van der Waals surface area contributed by atoms with E-state index in [4.69, 9.17) is 27.9 Å². The summed E-state index contributed by atoms with van der Waals surface area (Å²) in [6.07, 6.45) is 0.347. The molecule has 28 heavy (non-hydrogen) atoms. The van der Waals surface area contributed by atoms with E-state index in [0.29, 0.717) is 29.6 Å². The van der Waals surface area contributed by atoms with Gasteiger partial charge in [-0.15, -0.1) is 0 Å². The van der Waals surface area contributed by atoms with Gasteiger partial charge < -0.3 is 10.1 Å². The molecule has 0 aromatic heterocycles. The topological polar surface area (TPSA) is 38.3 Å². The fourth-order valence-corrected chi connectivity index (χ4v) is 3.31. The summed E-state index contributed by atoms with van der Waals surface area (Å²) in [6.45, 7) is 9.06. The molecule has 2 rings (SSSR count). The van der Waals surface area contributed by atoms with Crippen LogP contribution < -0.4 is 5.32 Å². The number of halogens is 2. The van der Waals surface area contributed by atoms with Crippen LogP contribution in [0.4, 0.5) is 0 Å². The Kier molecular flexibility index (Phi) is 8.36. The Morgan fingerprint density at radius 3 is 1.96 bits per heavy atom. The van der Waals surface area contributed by atoms with Crippen molar-refractivity contribution in [2.24, 2.45) is 0 Å². The lowest BCUT2D eigenvalue weighted by Crippen LogP contribution is -2.32. The van der Waals surface area contributed by atoms with Gasteiger partial charge in [0.15, 0.2) is 0 Å². The first-order valence-electron chi connectivity index (χ1n) is 9.57. The molecule has 0 aliphatic heterocycles. The largest absolute Gasteiger partial charge is 0.375 e. The second-order valence-corrected chi connectivity index (χ2v) is 8.89. The molecule has 152 valence electrons. The molecule has 2 aromatic carbocycles. The molecule has 0 radical (unpaired) electrons. The van der Waals surface area contributed by atoms with Crippen molar-refractivity contribution < 1.29 is 9.53 Å².